The minimum Gasteiger partial charge on any atom is -0.383 e. The van der Waals surface area contributed by atoms with Gasteiger partial charge >= 0.3 is 0 Å². The fraction of sp³-hybridized carbons (Fsp3) is 0.136. The van der Waals surface area contributed by atoms with Gasteiger partial charge in [0.2, 0.25) is 0 Å². The van der Waals surface area contributed by atoms with Gasteiger partial charge in [0.1, 0.15) is 5.41 Å². The summed E-state index contributed by atoms with van der Waals surface area (Å²) in [6.45, 7) is 0.328. The lowest BCUT2D eigenvalue weighted by Crippen LogP contribution is -2.39. The van der Waals surface area contributed by atoms with Crippen LogP contribution >= 0.6 is 0 Å². The number of carbonyl (C=O) groups excluding carboxylic acids is 1. The van der Waals surface area contributed by atoms with E-state index in [-0.39, 0.29) is 5.78 Å². The van der Waals surface area contributed by atoms with Crippen LogP contribution in [0.2, 0.25) is 0 Å². The molecule has 0 amide bonds. The van der Waals surface area contributed by atoms with Crippen molar-refractivity contribution in [2.24, 2.45) is 0 Å². The Kier molecular flexibility index (Phi) is 3.55. The summed E-state index contributed by atoms with van der Waals surface area (Å²) in [5.74, 6) is 0.0855. The molecule has 0 aliphatic heterocycles. The van der Waals surface area contributed by atoms with Gasteiger partial charge < -0.3 is 4.74 Å². The van der Waals surface area contributed by atoms with Crippen LogP contribution in [0.3, 0.4) is 0 Å². The van der Waals surface area contributed by atoms with Gasteiger partial charge in [0.15, 0.2) is 5.78 Å². The van der Waals surface area contributed by atoms with Crippen LogP contribution in [0.1, 0.15) is 21.5 Å². The molecular weight excluding hydrogens is 296 g/mol. The van der Waals surface area contributed by atoms with Crippen molar-refractivity contribution in [2.75, 3.05) is 13.7 Å². The Bertz CT molecular complexity index is 851. The molecule has 0 bridgehead atoms. The van der Waals surface area contributed by atoms with Gasteiger partial charge in [-0.05, 0) is 22.3 Å². The molecule has 0 saturated carbocycles. The van der Waals surface area contributed by atoms with Gasteiger partial charge in [-0.2, -0.15) is 0 Å². The molecule has 2 nitrogen and oxygen atoms in total. The predicted molar refractivity (Wildman–Crippen MR) is 95.3 cm³/mol. The van der Waals surface area contributed by atoms with Crippen LogP contribution in [0.25, 0.3) is 11.1 Å². The number of carbonyl (C=O) groups is 1. The van der Waals surface area contributed by atoms with Gasteiger partial charge in [0.25, 0.3) is 0 Å². The van der Waals surface area contributed by atoms with Crippen molar-refractivity contribution in [2.45, 2.75) is 5.41 Å². The summed E-state index contributed by atoms with van der Waals surface area (Å²) in [5, 5.41) is 0. The minimum atomic E-state index is -0.788. The molecule has 3 aromatic rings. The molecule has 24 heavy (non-hydrogen) atoms. The number of hydrogen-bond donors (Lipinski definition) is 0. The third-order valence-corrected chi connectivity index (χ3v) is 4.85. The topological polar surface area (TPSA) is 26.3 Å². The van der Waals surface area contributed by atoms with Crippen LogP contribution in [0, 0.1) is 0 Å². The predicted octanol–water partition coefficient (Wildman–Crippen LogP) is 4.48. The maximum atomic E-state index is 13.6. The van der Waals surface area contributed by atoms with E-state index in [2.05, 4.69) is 24.3 Å². The Morgan fingerprint density at radius 1 is 0.792 bits per heavy atom. The molecule has 0 radical (unpaired) electrons. The molecule has 0 spiro atoms. The van der Waals surface area contributed by atoms with E-state index in [1.807, 2.05) is 54.6 Å². The highest BCUT2D eigenvalue weighted by Crippen LogP contribution is 2.50. The van der Waals surface area contributed by atoms with E-state index < -0.39 is 5.41 Å². The highest BCUT2D eigenvalue weighted by atomic mass is 16.5. The van der Waals surface area contributed by atoms with Crippen LogP contribution in [-0.2, 0) is 10.2 Å². The first-order chi connectivity index (χ1) is 11.8. The number of ketones is 1. The zero-order valence-corrected chi connectivity index (χ0v) is 13.5. The highest BCUT2D eigenvalue weighted by molar-refractivity contribution is 6.10. The van der Waals surface area contributed by atoms with Crippen molar-refractivity contribution >= 4 is 5.78 Å². The summed E-state index contributed by atoms with van der Waals surface area (Å²) in [6, 6.07) is 25.8. The van der Waals surface area contributed by atoms with Crippen molar-refractivity contribution in [3.63, 3.8) is 0 Å². The zero-order valence-electron chi connectivity index (χ0n) is 13.5. The third kappa shape index (κ3) is 1.97. The number of methoxy groups -OCH3 is 1. The second-order valence-electron chi connectivity index (χ2n) is 6.12. The van der Waals surface area contributed by atoms with E-state index in [1.54, 1.807) is 7.11 Å². The van der Waals surface area contributed by atoms with Crippen molar-refractivity contribution in [3.8, 4) is 11.1 Å². The average molecular weight is 314 g/mol. The Labute approximate surface area is 141 Å². The number of rotatable bonds is 4. The lowest BCUT2D eigenvalue weighted by molar-refractivity contribution is 0.0797. The molecule has 0 aromatic heterocycles. The quantitative estimate of drug-likeness (QED) is 0.664. The Hall–Kier alpha value is -2.71. The van der Waals surface area contributed by atoms with Gasteiger partial charge in [-0.25, -0.2) is 0 Å². The molecular formula is C22H18O2. The third-order valence-electron chi connectivity index (χ3n) is 4.85. The van der Waals surface area contributed by atoms with E-state index in [9.17, 15) is 4.79 Å². The van der Waals surface area contributed by atoms with Crippen LogP contribution in [0.5, 0.6) is 0 Å². The largest absolute Gasteiger partial charge is 0.383 e. The van der Waals surface area contributed by atoms with Crippen molar-refractivity contribution in [3.05, 3.63) is 95.6 Å². The lowest BCUT2D eigenvalue weighted by atomic mass is 9.73. The van der Waals surface area contributed by atoms with Crippen LogP contribution in [0.4, 0.5) is 0 Å². The number of ether oxygens (including phenoxy) is 1. The molecule has 0 unspecified atom stereocenters. The molecule has 3 aromatic carbocycles. The maximum Gasteiger partial charge on any atom is 0.180 e. The standard InChI is InChI=1S/C22H18O2/c1-24-15-22(21(23)16-9-3-2-4-10-16)19-13-7-5-11-17(19)18-12-6-8-14-20(18)22/h2-14H,15H2,1H3. The van der Waals surface area contributed by atoms with Crippen molar-refractivity contribution < 1.29 is 9.53 Å². The lowest BCUT2D eigenvalue weighted by Gasteiger charge is -2.30. The SMILES string of the molecule is COCC1(C(=O)c2ccccc2)c2ccccc2-c2ccccc21. The smallest absolute Gasteiger partial charge is 0.180 e. The molecule has 1 aliphatic rings. The van der Waals surface area contributed by atoms with Crippen molar-refractivity contribution in [1.29, 1.82) is 0 Å². The van der Waals surface area contributed by atoms with Gasteiger partial charge in [0.05, 0.1) is 6.61 Å². The van der Waals surface area contributed by atoms with Crippen LogP contribution in [0.15, 0.2) is 78.9 Å². The van der Waals surface area contributed by atoms with Gasteiger partial charge in [-0.15, -0.1) is 0 Å². The molecule has 118 valence electrons. The molecule has 0 heterocycles. The summed E-state index contributed by atoms with van der Waals surface area (Å²) in [7, 11) is 1.66. The first-order valence-electron chi connectivity index (χ1n) is 8.07. The summed E-state index contributed by atoms with van der Waals surface area (Å²) in [5.41, 5.74) is 4.22. The summed E-state index contributed by atoms with van der Waals surface area (Å²) in [4.78, 5) is 13.6. The maximum absolute atomic E-state index is 13.6. The molecule has 2 heteroatoms. The van der Waals surface area contributed by atoms with Gasteiger partial charge in [-0.1, -0.05) is 78.9 Å². The van der Waals surface area contributed by atoms with Gasteiger partial charge in [-0.3, -0.25) is 4.79 Å². The first-order valence-corrected chi connectivity index (χ1v) is 8.07. The molecule has 4 rings (SSSR count). The first kappa shape index (κ1) is 14.9. The average Bonchev–Trinajstić information content (AvgIpc) is 2.94. The van der Waals surface area contributed by atoms with Crippen molar-refractivity contribution in [1.82, 2.24) is 0 Å². The number of hydrogen-bond acceptors (Lipinski definition) is 2. The fourth-order valence-corrected chi connectivity index (χ4v) is 3.84. The van der Waals surface area contributed by atoms with E-state index >= 15 is 0 Å². The normalized spacial score (nSPS) is 14.0. The minimum absolute atomic E-state index is 0.0855. The van der Waals surface area contributed by atoms with Crippen LogP contribution < -0.4 is 0 Å². The van der Waals surface area contributed by atoms with E-state index in [0.717, 1.165) is 22.3 Å². The zero-order chi connectivity index (χ0) is 16.6. The Morgan fingerprint density at radius 3 is 1.83 bits per heavy atom. The number of fused-ring (bicyclic) bond motifs is 3. The molecule has 0 saturated heterocycles. The second kappa shape index (κ2) is 5.73. The number of benzene rings is 3. The monoisotopic (exact) mass is 314 g/mol. The Balaban J connectivity index is 2.03. The fourth-order valence-electron chi connectivity index (χ4n) is 3.84. The van der Waals surface area contributed by atoms with E-state index in [4.69, 9.17) is 4.74 Å². The molecule has 1 aliphatic carbocycles. The second-order valence-corrected chi connectivity index (χ2v) is 6.12. The van der Waals surface area contributed by atoms with E-state index in [0.29, 0.717) is 12.2 Å². The molecule has 0 fully saturated rings. The highest BCUT2D eigenvalue weighted by Gasteiger charge is 2.49. The molecule has 0 N–H and O–H groups in total. The number of Topliss-reactive ketones (excluding diaryl/α,β-unsaturated/α-hetero) is 1. The summed E-state index contributed by atoms with van der Waals surface area (Å²) >= 11 is 0. The van der Waals surface area contributed by atoms with Crippen LogP contribution in [-0.4, -0.2) is 19.5 Å². The van der Waals surface area contributed by atoms with Gasteiger partial charge in [0, 0.05) is 12.7 Å². The molecule has 0 atom stereocenters. The summed E-state index contributed by atoms with van der Waals surface area (Å²) in [6.07, 6.45) is 0. The summed E-state index contributed by atoms with van der Waals surface area (Å²) < 4.78 is 5.56. The Morgan fingerprint density at radius 2 is 1.29 bits per heavy atom. The van der Waals surface area contributed by atoms with E-state index in [1.165, 1.54) is 0 Å².